The predicted molar refractivity (Wildman–Crippen MR) is 75.6 cm³/mol. The van der Waals surface area contributed by atoms with Crippen molar-refractivity contribution in [3.05, 3.63) is 24.3 Å². The lowest BCUT2D eigenvalue weighted by atomic mass is 10.00. The highest BCUT2D eigenvalue weighted by Crippen LogP contribution is 2.29. The van der Waals surface area contributed by atoms with Crippen molar-refractivity contribution in [3.8, 4) is 0 Å². The van der Waals surface area contributed by atoms with Gasteiger partial charge in [-0.25, -0.2) is 0 Å². The van der Waals surface area contributed by atoms with Crippen LogP contribution in [-0.4, -0.2) is 30.6 Å². The Labute approximate surface area is 117 Å². The zero-order valence-corrected chi connectivity index (χ0v) is 11.5. The molecule has 0 N–H and O–H groups in total. The van der Waals surface area contributed by atoms with Crippen LogP contribution in [-0.2, 0) is 9.53 Å². The van der Waals surface area contributed by atoms with E-state index in [9.17, 15) is 4.79 Å². The Morgan fingerprint density at radius 2 is 2.30 bits per heavy atom. The van der Waals surface area contributed by atoms with Crippen molar-refractivity contribution in [2.24, 2.45) is 0 Å². The van der Waals surface area contributed by atoms with Gasteiger partial charge in [0.05, 0.1) is 13.5 Å². The maximum atomic E-state index is 11.5. The van der Waals surface area contributed by atoms with Crippen molar-refractivity contribution >= 4 is 23.1 Å². The Morgan fingerprint density at radius 3 is 3.10 bits per heavy atom. The van der Waals surface area contributed by atoms with Crippen molar-refractivity contribution in [2.75, 3.05) is 18.6 Å². The molecule has 1 atom stereocenters. The van der Waals surface area contributed by atoms with E-state index in [2.05, 4.69) is 9.88 Å². The van der Waals surface area contributed by atoms with Gasteiger partial charge in [-0.1, -0.05) is 12.1 Å². The fourth-order valence-electron chi connectivity index (χ4n) is 2.72. The van der Waals surface area contributed by atoms with Gasteiger partial charge in [0.2, 0.25) is 0 Å². The molecule has 0 saturated carbocycles. The minimum absolute atomic E-state index is 0.115. The number of anilines is 1. The standard InChI is InChI=1S/C15H18N2O3/c1-19-14(18)10-11-6-4-5-9-17(11)15-16-12-7-2-3-8-13(12)20-15/h2-3,7-8,11H,4-6,9-10H2,1H3. The van der Waals surface area contributed by atoms with E-state index in [4.69, 9.17) is 9.15 Å². The van der Waals surface area contributed by atoms with Crippen LogP contribution in [0.15, 0.2) is 28.7 Å². The zero-order chi connectivity index (χ0) is 13.9. The summed E-state index contributed by atoms with van der Waals surface area (Å²) in [6, 6.07) is 8.44. The summed E-state index contributed by atoms with van der Waals surface area (Å²) in [5.74, 6) is -0.182. The molecule has 1 aliphatic heterocycles. The molecule has 0 radical (unpaired) electrons. The van der Waals surface area contributed by atoms with Gasteiger partial charge in [0.25, 0.3) is 6.01 Å². The third kappa shape index (κ3) is 2.48. The van der Waals surface area contributed by atoms with E-state index >= 15 is 0 Å². The molecule has 2 heterocycles. The van der Waals surface area contributed by atoms with E-state index in [1.54, 1.807) is 0 Å². The summed E-state index contributed by atoms with van der Waals surface area (Å²) in [6.45, 7) is 0.870. The average Bonchev–Trinajstić information content (AvgIpc) is 2.91. The summed E-state index contributed by atoms with van der Waals surface area (Å²) >= 11 is 0. The van der Waals surface area contributed by atoms with Gasteiger partial charge in [-0.05, 0) is 31.4 Å². The predicted octanol–water partition coefficient (Wildman–Crippen LogP) is 2.75. The molecule has 1 aromatic heterocycles. The van der Waals surface area contributed by atoms with Crippen LogP contribution in [0.1, 0.15) is 25.7 Å². The number of ether oxygens (including phenoxy) is 1. The minimum atomic E-state index is -0.182. The van der Waals surface area contributed by atoms with Crippen LogP contribution in [0, 0.1) is 0 Å². The third-order valence-corrected chi connectivity index (χ3v) is 3.79. The first kappa shape index (κ1) is 13.0. The maximum Gasteiger partial charge on any atom is 0.307 e. The molecule has 1 fully saturated rings. The smallest absolute Gasteiger partial charge is 0.307 e. The highest BCUT2D eigenvalue weighted by molar-refractivity contribution is 5.75. The molecule has 20 heavy (non-hydrogen) atoms. The summed E-state index contributed by atoms with van der Waals surface area (Å²) in [5, 5.41) is 0. The Balaban J connectivity index is 1.86. The number of hydrogen-bond acceptors (Lipinski definition) is 5. The molecular formula is C15H18N2O3. The maximum absolute atomic E-state index is 11.5. The Morgan fingerprint density at radius 1 is 1.45 bits per heavy atom. The quantitative estimate of drug-likeness (QED) is 0.805. The van der Waals surface area contributed by atoms with Crippen LogP contribution < -0.4 is 4.90 Å². The third-order valence-electron chi connectivity index (χ3n) is 3.79. The van der Waals surface area contributed by atoms with Crippen LogP contribution in [0.2, 0.25) is 0 Å². The molecule has 0 bridgehead atoms. The number of fused-ring (bicyclic) bond motifs is 1. The number of rotatable bonds is 3. The summed E-state index contributed by atoms with van der Waals surface area (Å²) in [7, 11) is 1.43. The van der Waals surface area contributed by atoms with E-state index in [1.807, 2.05) is 24.3 Å². The molecule has 3 rings (SSSR count). The lowest BCUT2D eigenvalue weighted by Gasteiger charge is -2.33. The number of methoxy groups -OCH3 is 1. The summed E-state index contributed by atoms with van der Waals surface area (Å²) in [5.41, 5.74) is 1.63. The molecule has 1 aliphatic rings. The molecule has 5 nitrogen and oxygen atoms in total. The normalized spacial score (nSPS) is 19.2. The van der Waals surface area contributed by atoms with Gasteiger partial charge in [0.15, 0.2) is 5.58 Å². The topological polar surface area (TPSA) is 55.6 Å². The van der Waals surface area contributed by atoms with E-state index in [-0.39, 0.29) is 12.0 Å². The Bertz CT molecular complexity index is 575. The van der Waals surface area contributed by atoms with Crippen LogP contribution in [0.3, 0.4) is 0 Å². The number of benzene rings is 1. The number of carbonyl (C=O) groups excluding carboxylic acids is 1. The number of nitrogens with zero attached hydrogens (tertiary/aromatic N) is 2. The van der Waals surface area contributed by atoms with Crippen molar-refractivity contribution < 1.29 is 13.9 Å². The van der Waals surface area contributed by atoms with Crippen molar-refractivity contribution in [1.82, 2.24) is 4.98 Å². The van der Waals surface area contributed by atoms with Gasteiger partial charge in [-0.2, -0.15) is 4.98 Å². The van der Waals surface area contributed by atoms with Crippen LogP contribution in [0.25, 0.3) is 11.1 Å². The molecule has 106 valence electrons. The van der Waals surface area contributed by atoms with Crippen LogP contribution in [0.5, 0.6) is 0 Å². The SMILES string of the molecule is COC(=O)CC1CCCCN1c1nc2ccccc2o1. The molecular weight excluding hydrogens is 256 g/mol. The second-order valence-corrected chi connectivity index (χ2v) is 5.09. The lowest BCUT2D eigenvalue weighted by Crippen LogP contribution is -2.41. The molecule has 0 spiro atoms. The molecule has 1 aromatic carbocycles. The van der Waals surface area contributed by atoms with Gasteiger partial charge in [-0.3, -0.25) is 4.79 Å². The fourth-order valence-corrected chi connectivity index (χ4v) is 2.72. The lowest BCUT2D eigenvalue weighted by molar-refractivity contribution is -0.141. The number of hydrogen-bond donors (Lipinski definition) is 0. The van der Waals surface area contributed by atoms with Crippen molar-refractivity contribution in [1.29, 1.82) is 0 Å². The van der Waals surface area contributed by atoms with E-state index in [0.717, 1.165) is 36.9 Å². The summed E-state index contributed by atoms with van der Waals surface area (Å²) in [4.78, 5) is 18.2. The second-order valence-electron chi connectivity index (χ2n) is 5.09. The second kappa shape index (κ2) is 5.53. The van der Waals surface area contributed by atoms with Crippen LogP contribution >= 0.6 is 0 Å². The number of oxazole rings is 1. The number of aromatic nitrogens is 1. The summed E-state index contributed by atoms with van der Waals surface area (Å²) < 4.78 is 10.6. The minimum Gasteiger partial charge on any atom is -0.469 e. The molecule has 0 aliphatic carbocycles. The van der Waals surface area contributed by atoms with E-state index in [0.29, 0.717) is 12.4 Å². The van der Waals surface area contributed by atoms with Gasteiger partial charge in [0, 0.05) is 12.6 Å². The van der Waals surface area contributed by atoms with Crippen molar-refractivity contribution in [2.45, 2.75) is 31.7 Å². The number of carbonyl (C=O) groups is 1. The molecule has 2 aromatic rings. The highest BCUT2D eigenvalue weighted by atomic mass is 16.5. The molecule has 1 unspecified atom stereocenters. The monoisotopic (exact) mass is 274 g/mol. The first-order valence-corrected chi connectivity index (χ1v) is 6.97. The number of piperidine rings is 1. The van der Waals surface area contributed by atoms with Crippen molar-refractivity contribution in [3.63, 3.8) is 0 Å². The molecule has 5 heteroatoms. The number of para-hydroxylation sites is 2. The summed E-state index contributed by atoms with van der Waals surface area (Å²) in [6.07, 6.45) is 3.57. The molecule has 0 amide bonds. The highest BCUT2D eigenvalue weighted by Gasteiger charge is 2.28. The number of esters is 1. The molecule has 1 saturated heterocycles. The van der Waals surface area contributed by atoms with Gasteiger partial charge < -0.3 is 14.1 Å². The van der Waals surface area contributed by atoms with Gasteiger partial charge >= 0.3 is 5.97 Å². The van der Waals surface area contributed by atoms with E-state index in [1.165, 1.54) is 7.11 Å². The van der Waals surface area contributed by atoms with Gasteiger partial charge in [-0.15, -0.1) is 0 Å². The Kier molecular flexibility index (Phi) is 3.58. The average molecular weight is 274 g/mol. The first-order chi connectivity index (χ1) is 9.78. The van der Waals surface area contributed by atoms with E-state index < -0.39 is 0 Å². The fraction of sp³-hybridized carbons (Fsp3) is 0.467. The largest absolute Gasteiger partial charge is 0.469 e. The Hall–Kier alpha value is -2.04. The first-order valence-electron chi connectivity index (χ1n) is 6.97. The van der Waals surface area contributed by atoms with Crippen LogP contribution in [0.4, 0.5) is 6.01 Å². The zero-order valence-electron chi connectivity index (χ0n) is 11.5. The van der Waals surface area contributed by atoms with Gasteiger partial charge in [0.1, 0.15) is 5.52 Å².